The Kier molecular flexibility index (Phi) is 5.78. The van der Waals surface area contributed by atoms with Crippen molar-refractivity contribution in [2.24, 2.45) is 4.99 Å². The molecule has 8 heteroatoms. The summed E-state index contributed by atoms with van der Waals surface area (Å²) in [5.41, 5.74) is 1.02. The first-order valence-corrected chi connectivity index (χ1v) is 8.93. The molecule has 3 rings (SSSR count). The maximum atomic E-state index is 12.6. The topological polar surface area (TPSA) is 91.3 Å². The van der Waals surface area contributed by atoms with E-state index in [0.717, 1.165) is 4.57 Å². The van der Waals surface area contributed by atoms with Crippen molar-refractivity contribution in [2.75, 3.05) is 0 Å². The summed E-state index contributed by atoms with van der Waals surface area (Å²) in [6.07, 6.45) is 4.55. The molecule has 2 aromatic heterocycles. The van der Waals surface area contributed by atoms with Crippen molar-refractivity contribution in [3.05, 3.63) is 85.4 Å². The van der Waals surface area contributed by atoms with E-state index in [2.05, 4.69) is 9.98 Å². The van der Waals surface area contributed by atoms with Gasteiger partial charge in [0.2, 0.25) is 5.88 Å². The third kappa shape index (κ3) is 3.77. The molecule has 1 aromatic carbocycles. The van der Waals surface area contributed by atoms with Crippen LogP contribution >= 0.6 is 23.2 Å². The number of halogens is 2. The average molecular weight is 413 g/mol. The Balaban J connectivity index is 2.14. The molecule has 140 valence electrons. The summed E-state index contributed by atoms with van der Waals surface area (Å²) >= 11 is 12.1. The molecule has 0 atom stereocenters. The molecule has 0 aliphatic rings. The number of nitrogens with zero attached hydrogens (tertiary/aromatic N) is 4. The van der Waals surface area contributed by atoms with Crippen LogP contribution < -0.4 is 5.56 Å². The Morgan fingerprint density at radius 1 is 1.32 bits per heavy atom. The summed E-state index contributed by atoms with van der Waals surface area (Å²) in [4.78, 5) is 20.9. The summed E-state index contributed by atoms with van der Waals surface area (Å²) in [5, 5.41) is 20.8. The second-order valence-corrected chi connectivity index (χ2v) is 6.72. The highest BCUT2D eigenvalue weighted by Gasteiger charge is 2.18. The highest BCUT2D eigenvalue weighted by Crippen LogP contribution is 2.32. The molecule has 0 amide bonds. The SMILES string of the molecule is Cc1c(C=Nc2cccc(Cl)c2Cl)c(O)n(Cc2cccnc2)c(=O)c1C#N. The van der Waals surface area contributed by atoms with Crippen LogP contribution in [0.25, 0.3) is 0 Å². The number of aliphatic imine (C=N–C) groups is 1. The van der Waals surface area contributed by atoms with Crippen LogP contribution in [0.1, 0.15) is 22.3 Å². The summed E-state index contributed by atoms with van der Waals surface area (Å²) in [6, 6.07) is 10.4. The van der Waals surface area contributed by atoms with Gasteiger partial charge in [-0.25, -0.2) is 0 Å². The molecule has 0 unspecified atom stereocenters. The molecular formula is C20H14Cl2N4O2. The lowest BCUT2D eigenvalue weighted by atomic mass is 10.1. The number of hydrogen-bond donors (Lipinski definition) is 1. The van der Waals surface area contributed by atoms with E-state index in [1.54, 1.807) is 49.6 Å². The highest BCUT2D eigenvalue weighted by molar-refractivity contribution is 6.43. The molecule has 0 fully saturated rings. The monoisotopic (exact) mass is 412 g/mol. The van der Waals surface area contributed by atoms with E-state index in [-0.39, 0.29) is 28.6 Å². The first-order valence-electron chi connectivity index (χ1n) is 8.17. The number of hydrogen-bond acceptors (Lipinski definition) is 5. The minimum atomic E-state index is -0.584. The van der Waals surface area contributed by atoms with Gasteiger partial charge in [-0.2, -0.15) is 5.26 Å². The lowest BCUT2D eigenvalue weighted by Gasteiger charge is -2.14. The molecule has 0 saturated heterocycles. The predicted octanol–water partition coefficient (Wildman–Crippen LogP) is 4.23. The van der Waals surface area contributed by atoms with Gasteiger partial charge >= 0.3 is 0 Å². The molecule has 2 heterocycles. The van der Waals surface area contributed by atoms with Crippen LogP contribution in [-0.2, 0) is 6.54 Å². The van der Waals surface area contributed by atoms with Gasteiger partial charge in [-0.05, 0) is 36.2 Å². The van der Waals surface area contributed by atoms with Crippen molar-refractivity contribution in [3.8, 4) is 11.9 Å². The number of rotatable bonds is 4. The van der Waals surface area contributed by atoms with Gasteiger partial charge < -0.3 is 5.11 Å². The van der Waals surface area contributed by atoms with Crippen molar-refractivity contribution < 1.29 is 5.11 Å². The van der Waals surface area contributed by atoms with E-state index in [9.17, 15) is 15.2 Å². The molecule has 0 aliphatic carbocycles. The van der Waals surface area contributed by atoms with Crippen LogP contribution in [0.3, 0.4) is 0 Å². The quantitative estimate of drug-likeness (QED) is 0.648. The van der Waals surface area contributed by atoms with Crippen molar-refractivity contribution in [1.29, 1.82) is 5.26 Å². The Labute approximate surface area is 171 Å². The number of nitriles is 1. The molecule has 28 heavy (non-hydrogen) atoms. The van der Waals surface area contributed by atoms with Crippen LogP contribution in [-0.4, -0.2) is 20.9 Å². The molecule has 0 radical (unpaired) electrons. The van der Waals surface area contributed by atoms with Gasteiger partial charge in [0.25, 0.3) is 5.56 Å². The van der Waals surface area contributed by atoms with Gasteiger partial charge in [-0.15, -0.1) is 0 Å². The highest BCUT2D eigenvalue weighted by atomic mass is 35.5. The van der Waals surface area contributed by atoms with E-state index in [4.69, 9.17) is 23.2 Å². The molecule has 0 bridgehead atoms. The zero-order valence-electron chi connectivity index (χ0n) is 14.7. The van der Waals surface area contributed by atoms with Gasteiger partial charge in [0.15, 0.2) is 0 Å². The van der Waals surface area contributed by atoms with Crippen molar-refractivity contribution in [3.63, 3.8) is 0 Å². The predicted molar refractivity (Wildman–Crippen MR) is 109 cm³/mol. The van der Waals surface area contributed by atoms with Crippen LogP contribution in [0.2, 0.25) is 10.0 Å². The lowest BCUT2D eigenvalue weighted by molar-refractivity contribution is 0.413. The summed E-state index contributed by atoms with van der Waals surface area (Å²) in [7, 11) is 0. The van der Waals surface area contributed by atoms with E-state index < -0.39 is 5.56 Å². The summed E-state index contributed by atoms with van der Waals surface area (Å²) < 4.78 is 1.11. The zero-order valence-corrected chi connectivity index (χ0v) is 16.2. The van der Waals surface area contributed by atoms with Gasteiger partial charge in [-0.1, -0.05) is 35.3 Å². The molecule has 6 nitrogen and oxygen atoms in total. The number of benzene rings is 1. The maximum absolute atomic E-state index is 12.6. The molecule has 0 saturated carbocycles. The number of pyridine rings is 2. The smallest absolute Gasteiger partial charge is 0.271 e. The Morgan fingerprint density at radius 2 is 2.11 bits per heavy atom. The van der Waals surface area contributed by atoms with Crippen LogP contribution in [0.15, 0.2) is 52.5 Å². The first kappa shape index (κ1) is 19.6. The Bertz CT molecular complexity index is 1170. The molecule has 0 aliphatic heterocycles. The Hall–Kier alpha value is -3.14. The lowest BCUT2D eigenvalue weighted by Crippen LogP contribution is -2.26. The molecular weight excluding hydrogens is 399 g/mol. The van der Waals surface area contributed by atoms with E-state index in [1.165, 1.54) is 6.21 Å². The van der Waals surface area contributed by atoms with Crippen LogP contribution in [0.4, 0.5) is 5.69 Å². The fraction of sp³-hybridized carbons (Fsp3) is 0.100. The first-order chi connectivity index (χ1) is 13.4. The summed E-state index contributed by atoms with van der Waals surface area (Å²) in [6.45, 7) is 1.64. The van der Waals surface area contributed by atoms with Crippen molar-refractivity contribution >= 4 is 35.1 Å². The third-order valence-corrected chi connectivity index (χ3v) is 4.98. The molecule has 1 N–H and O–H groups in total. The van der Waals surface area contributed by atoms with Crippen LogP contribution in [0, 0.1) is 18.3 Å². The van der Waals surface area contributed by atoms with Gasteiger partial charge in [0.05, 0.1) is 27.8 Å². The largest absolute Gasteiger partial charge is 0.494 e. The van der Waals surface area contributed by atoms with Gasteiger partial charge in [0.1, 0.15) is 11.6 Å². The van der Waals surface area contributed by atoms with Crippen LogP contribution in [0.5, 0.6) is 5.88 Å². The third-order valence-electron chi connectivity index (χ3n) is 4.17. The fourth-order valence-corrected chi connectivity index (χ4v) is 3.02. The Morgan fingerprint density at radius 3 is 2.79 bits per heavy atom. The standard InChI is InChI=1S/C20H14Cl2N4O2/c1-12-14(8-23)19(27)26(11-13-4-3-7-24-9-13)20(28)15(12)10-25-17-6-2-5-16(21)18(17)22/h2-7,9-10,28H,11H2,1H3. The number of aromatic hydroxyl groups is 1. The normalized spacial score (nSPS) is 10.9. The average Bonchev–Trinajstić information content (AvgIpc) is 2.69. The zero-order chi connectivity index (χ0) is 20.3. The van der Waals surface area contributed by atoms with Gasteiger partial charge in [-0.3, -0.25) is 19.3 Å². The fourth-order valence-electron chi connectivity index (χ4n) is 2.67. The second kappa shape index (κ2) is 8.26. The minimum absolute atomic E-state index is 0.0617. The van der Waals surface area contributed by atoms with Crippen molar-refractivity contribution in [2.45, 2.75) is 13.5 Å². The van der Waals surface area contributed by atoms with E-state index in [0.29, 0.717) is 21.8 Å². The minimum Gasteiger partial charge on any atom is -0.494 e. The molecule has 3 aromatic rings. The van der Waals surface area contributed by atoms with E-state index in [1.807, 2.05) is 6.07 Å². The molecule has 0 spiro atoms. The van der Waals surface area contributed by atoms with E-state index >= 15 is 0 Å². The number of aromatic nitrogens is 2. The summed E-state index contributed by atoms with van der Waals surface area (Å²) in [5.74, 6) is -0.299. The second-order valence-electron chi connectivity index (χ2n) is 5.93. The van der Waals surface area contributed by atoms with Crippen molar-refractivity contribution in [1.82, 2.24) is 9.55 Å². The maximum Gasteiger partial charge on any atom is 0.271 e. The van der Waals surface area contributed by atoms with Gasteiger partial charge in [0, 0.05) is 18.6 Å².